The van der Waals surface area contributed by atoms with Crippen LogP contribution in [0.15, 0.2) is 0 Å². The summed E-state index contributed by atoms with van der Waals surface area (Å²) in [4.78, 5) is 50.0. The molecule has 0 aliphatic rings. The normalized spacial score (nSPS) is 14.5. The first kappa shape index (κ1) is 32.6. The minimum absolute atomic E-state index is 0.148. The average molecular weight is 500 g/mol. The number of nitrogens with two attached hydrogens (primary N) is 1. The fraction of sp³-hybridized carbons (Fsp3) is 0.840. The molecular weight excluding hydrogens is 450 g/mol. The molecule has 7 N–H and O–H groups in total. The molecule has 0 aliphatic carbocycles. The molecule has 0 heterocycles. The summed E-state index contributed by atoms with van der Waals surface area (Å²) in [5.74, 6) is -1.81. The summed E-state index contributed by atoms with van der Waals surface area (Å²) >= 11 is 0. The lowest BCUT2D eigenvalue weighted by Crippen LogP contribution is -2.58. The van der Waals surface area contributed by atoms with E-state index in [1.54, 1.807) is 6.92 Å². The first-order chi connectivity index (χ1) is 16.6. The number of rotatable bonds is 19. The number of carbonyl (C=O) groups excluding carboxylic acids is 3. The third-order valence-corrected chi connectivity index (χ3v) is 6.13. The summed E-state index contributed by atoms with van der Waals surface area (Å²) in [6.45, 7) is 10.6. The van der Waals surface area contributed by atoms with Gasteiger partial charge >= 0.3 is 12.0 Å². The maximum absolute atomic E-state index is 13.3. The topological polar surface area (TPSA) is 163 Å². The van der Waals surface area contributed by atoms with Crippen LogP contribution in [0.2, 0.25) is 0 Å². The first-order valence-corrected chi connectivity index (χ1v) is 13.2. The molecule has 0 rings (SSSR count). The molecular formula is C25H49N5O5. The van der Waals surface area contributed by atoms with Gasteiger partial charge in [0.25, 0.3) is 0 Å². The molecule has 4 atom stereocenters. The summed E-state index contributed by atoms with van der Waals surface area (Å²) in [6.07, 6.45) is 6.87. The second-order valence-corrected chi connectivity index (χ2v) is 9.48. The molecule has 0 saturated heterocycles. The number of unbranched alkanes of at least 4 members (excludes halogenated alkanes) is 3. The monoisotopic (exact) mass is 499 g/mol. The van der Waals surface area contributed by atoms with Crippen molar-refractivity contribution in [3.63, 3.8) is 0 Å². The smallest absolute Gasteiger partial charge is 0.326 e. The summed E-state index contributed by atoms with van der Waals surface area (Å²) in [7, 11) is 0. The van der Waals surface area contributed by atoms with Crippen LogP contribution >= 0.6 is 0 Å². The van der Waals surface area contributed by atoms with Gasteiger partial charge in [0, 0.05) is 6.54 Å². The summed E-state index contributed by atoms with van der Waals surface area (Å²) in [5.41, 5.74) is 5.48. The maximum Gasteiger partial charge on any atom is 0.326 e. The number of carboxylic acid groups (broad SMARTS) is 1. The van der Waals surface area contributed by atoms with Crippen molar-refractivity contribution >= 4 is 23.8 Å². The van der Waals surface area contributed by atoms with Crippen LogP contribution in [0, 0.1) is 11.8 Å². The van der Waals surface area contributed by atoms with E-state index in [-0.39, 0.29) is 24.2 Å². The van der Waals surface area contributed by atoms with Crippen molar-refractivity contribution in [2.45, 2.75) is 111 Å². The Balaban J connectivity index is 5.52. The molecule has 0 saturated carbocycles. The number of amides is 4. The van der Waals surface area contributed by atoms with Crippen molar-refractivity contribution in [1.82, 2.24) is 21.3 Å². The zero-order valence-electron chi connectivity index (χ0n) is 22.3. The van der Waals surface area contributed by atoms with Crippen molar-refractivity contribution in [3.8, 4) is 0 Å². The zero-order valence-corrected chi connectivity index (χ0v) is 22.3. The van der Waals surface area contributed by atoms with Crippen LogP contribution in [0.3, 0.4) is 0 Å². The lowest BCUT2D eigenvalue weighted by Gasteiger charge is -2.28. The molecule has 0 aromatic carbocycles. The van der Waals surface area contributed by atoms with Gasteiger partial charge in [-0.25, -0.2) is 9.59 Å². The number of carbonyl (C=O) groups is 4. The molecule has 0 aromatic rings. The van der Waals surface area contributed by atoms with Gasteiger partial charge in [0.1, 0.15) is 18.1 Å². The highest BCUT2D eigenvalue weighted by Gasteiger charge is 2.30. The number of likely N-dealkylation sites (N-methyl/N-ethyl adjacent to an activating group) is 1. The highest BCUT2D eigenvalue weighted by molar-refractivity contribution is 5.92. The van der Waals surface area contributed by atoms with Gasteiger partial charge in [-0.3, -0.25) is 9.59 Å². The van der Waals surface area contributed by atoms with Gasteiger partial charge in [-0.1, -0.05) is 59.8 Å². The zero-order chi connectivity index (χ0) is 26.8. The molecule has 10 heteroatoms. The van der Waals surface area contributed by atoms with Crippen molar-refractivity contribution in [2.24, 2.45) is 17.6 Å². The highest BCUT2D eigenvalue weighted by Crippen LogP contribution is 2.20. The number of urea groups is 1. The van der Waals surface area contributed by atoms with E-state index in [1.807, 2.05) is 13.8 Å². The van der Waals surface area contributed by atoms with Crippen LogP contribution in [0.4, 0.5) is 4.79 Å². The highest BCUT2D eigenvalue weighted by atomic mass is 16.4. The van der Waals surface area contributed by atoms with Crippen molar-refractivity contribution in [3.05, 3.63) is 0 Å². The Morgan fingerprint density at radius 1 is 0.829 bits per heavy atom. The van der Waals surface area contributed by atoms with E-state index in [2.05, 4.69) is 35.1 Å². The number of nitrogens with one attached hydrogen (secondary N) is 4. The third kappa shape index (κ3) is 13.9. The van der Waals surface area contributed by atoms with Crippen LogP contribution in [0.5, 0.6) is 0 Å². The molecule has 204 valence electrons. The number of carboxylic acids is 1. The van der Waals surface area contributed by atoms with Crippen molar-refractivity contribution < 1.29 is 24.3 Å². The number of hydrogen-bond acceptors (Lipinski definition) is 5. The average Bonchev–Trinajstić information content (AvgIpc) is 2.80. The standard InChI is InChI=1S/C25H49N5O5/c1-6-9-10-13-18(7-2)16-20(22(31)30-21(17(4)5)23(32)27-8-3)29-25(35)28-19(24(33)34)14-11-12-15-26/h17-21H,6-16,26H2,1-5H3,(H,27,32)(H,30,31)(H,33,34)(H2,28,29,35)/t18?,19-,20+,21-/m0/s1. The minimum Gasteiger partial charge on any atom is -0.480 e. The lowest BCUT2D eigenvalue weighted by atomic mass is 9.91. The molecule has 0 spiro atoms. The Kier molecular flexibility index (Phi) is 17.6. The van der Waals surface area contributed by atoms with Gasteiger partial charge in [-0.15, -0.1) is 0 Å². The number of aliphatic carboxylic acids is 1. The quantitative estimate of drug-likeness (QED) is 0.150. The van der Waals surface area contributed by atoms with E-state index in [1.165, 1.54) is 0 Å². The second kappa shape index (κ2) is 18.9. The lowest BCUT2D eigenvalue weighted by molar-refractivity contribution is -0.139. The fourth-order valence-electron chi connectivity index (χ4n) is 3.92. The summed E-state index contributed by atoms with van der Waals surface area (Å²) in [5, 5.41) is 20.1. The Morgan fingerprint density at radius 2 is 1.46 bits per heavy atom. The van der Waals surface area contributed by atoms with E-state index in [0.29, 0.717) is 32.4 Å². The van der Waals surface area contributed by atoms with Crippen LogP contribution in [0.1, 0.15) is 92.4 Å². The molecule has 10 nitrogen and oxygen atoms in total. The Labute approximate surface area is 210 Å². The van der Waals surface area contributed by atoms with Gasteiger partial charge in [0.05, 0.1) is 0 Å². The third-order valence-electron chi connectivity index (χ3n) is 6.13. The molecule has 1 unspecified atom stereocenters. The Hall–Kier alpha value is -2.36. The molecule has 4 amide bonds. The number of hydrogen-bond donors (Lipinski definition) is 6. The Morgan fingerprint density at radius 3 is 1.97 bits per heavy atom. The summed E-state index contributed by atoms with van der Waals surface area (Å²) in [6, 6.07) is -3.42. The van der Waals surface area contributed by atoms with Crippen LogP contribution in [-0.2, 0) is 14.4 Å². The molecule has 0 bridgehead atoms. The predicted octanol–water partition coefficient (Wildman–Crippen LogP) is 2.51. The molecule has 0 aromatic heterocycles. The molecule has 35 heavy (non-hydrogen) atoms. The van der Waals surface area contributed by atoms with Gasteiger partial charge in [0.2, 0.25) is 11.8 Å². The van der Waals surface area contributed by atoms with E-state index in [0.717, 1.165) is 32.1 Å². The van der Waals surface area contributed by atoms with E-state index >= 15 is 0 Å². The predicted molar refractivity (Wildman–Crippen MR) is 138 cm³/mol. The Bertz CT molecular complexity index is 644. The van der Waals surface area contributed by atoms with Gasteiger partial charge in [-0.05, 0) is 51.0 Å². The minimum atomic E-state index is -1.14. The second-order valence-electron chi connectivity index (χ2n) is 9.48. The maximum atomic E-state index is 13.3. The van der Waals surface area contributed by atoms with Crippen LogP contribution in [0.25, 0.3) is 0 Å². The van der Waals surface area contributed by atoms with E-state index in [4.69, 9.17) is 5.73 Å². The van der Waals surface area contributed by atoms with Crippen LogP contribution in [-0.4, -0.2) is 60.1 Å². The molecule has 0 radical (unpaired) electrons. The molecule has 0 aliphatic heterocycles. The first-order valence-electron chi connectivity index (χ1n) is 13.2. The van der Waals surface area contributed by atoms with Gasteiger partial charge in [0.15, 0.2) is 0 Å². The van der Waals surface area contributed by atoms with E-state index < -0.39 is 36.0 Å². The fourth-order valence-corrected chi connectivity index (χ4v) is 3.92. The largest absolute Gasteiger partial charge is 0.480 e. The molecule has 0 fully saturated rings. The van der Waals surface area contributed by atoms with Gasteiger partial charge in [-0.2, -0.15) is 0 Å². The van der Waals surface area contributed by atoms with E-state index in [9.17, 15) is 24.3 Å². The van der Waals surface area contributed by atoms with Gasteiger partial charge < -0.3 is 32.1 Å². The van der Waals surface area contributed by atoms with Crippen molar-refractivity contribution in [2.75, 3.05) is 13.1 Å². The van der Waals surface area contributed by atoms with Crippen LogP contribution < -0.4 is 27.0 Å². The SMILES string of the molecule is CCCCCC(CC)C[C@@H](NC(=O)N[C@@H](CCCCN)C(=O)O)C(=O)N[C@H](C(=O)NCC)C(C)C. The summed E-state index contributed by atoms with van der Waals surface area (Å²) < 4.78 is 0. The van der Waals surface area contributed by atoms with Crippen molar-refractivity contribution in [1.29, 1.82) is 0 Å².